The number of halogens is 1. The van der Waals surface area contributed by atoms with Gasteiger partial charge in [0.1, 0.15) is 5.75 Å². The second kappa shape index (κ2) is 5.80. The monoisotopic (exact) mass is 300 g/mol. The molecule has 0 aromatic carbocycles. The zero-order chi connectivity index (χ0) is 12.3. The molecule has 2 atom stereocenters. The van der Waals surface area contributed by atoms with E-state index >= 15 is 0 Å². The van der Waals surface area contributed by atoms with Crippen molar-refractivity contribution in [1.82, 2.24) is 10.3 Å². The first-order valence-electron chi connectivity index (χ1n) is 5.81. The summed E-state index contributed by atoms with van der Waals surface area (Å²) in [5, 5.41) is 12.9. The molecule has 0 bridgehead atoms. The lowest BCUT2D eigenvalue weighted by Gasteiger charge is -2.11. The van der Waals surface area contributed by atoms with Crippen molar-refractivity contribution in [2.45, 2.75) is 26.0 Å². The highest BCUT2D eigenvalue weighted by atomic mass is 79.9. The first-order chi connectivity index (χ1) is 8.15. The van der Waals surface area contributed by atoms with Gasteiger partial charge in [0, 0.05) is 30.4 Å². The van der Waals surface area contributed by atoms with Gasteiger partial charge in [-0.1, -0.05) is 6.92 Å². The fourth-order valence-electron chi connectivity index (χ4n) is 1.97. The normalized spacial score (nSPS) is 24.1. The minimum absolute atomic E-state index is 0.215. The SMILES string of the molecule is CC1COC(CNCc2ncc(Br)cc2O)C1. The summed E-state index contributed by atoms with van der Waals surface area (Å²) < 4.78 is 6.38. The highest BCUT2D eigenvalue weighted by Crippen LogP contribution is 2.20. The molecule has 1 aliphatic heterocycles. The van der Waals surface area contributed by atoms with Gasteiger partial charge in [0.2, 0.25) is 0 Å². The molecule has 1 saturated heterocycles. The Morgan fingerprint density at radius 2 is 2.47 bits per heavy atom. The second-order valence-corrected chi connectivity index (χ2v) is 5.46. The smallest absolute Gasteiger partial charge is 0.139 e. The molecule has 2 rings (SSSR count). The Kier molecular flexibility index (Phi) is 4.36. The summed E-state index contributed by atoms with van der Waals surface area (Å²) in [7, 11) is 0. The van der Waals surface area contributed by atoms with E-state index in [2.05, 4.69) is 33.2 Å². The Morgan fingerprint density at radius 1 is 1.65 bits per heavy atom. The van der Waals surface area contributed by atoms with Crippen LogP contribution in [0.4, 0.5) is 0 Å². The van der Waals surface area contributed by atoms with Crippen molar-refractivity contribution in [3.05, 3.63) is 22.4 Å². The van der Waals surface area contributed by atoms with Gasteiger partial charge in [-0.2, -0.15) is 0 Å². The van der Waals surface area contributed by atoms with Gasteiger partial charge < -0.3 is 15.2 Å². The largest absolute Gasteiger partial charge is 0.506 e. The van der Waals surface area contributed by atoms with E-state index in [4.69, 9.17) is 4.74 Å². The highest BCUT2D eigenvalue weighted by molar-refractivity contribution is 9.10. The van der Waals surface area contributed by atoms with E-state index in [9.17, 15) is 5.11 Å². The third-order valence-electron chi connectivity index (χ3n) is 2.86. The molecular weight excluding hydrogens is 284 g/mol. The molecule has 5 heteroatoms. The average Bonchev–Trinajstić information content (AvgIpc) is 2.68. The summed E-state index contributed by atoms with van der Waals surface area (Å²) in [5.41, 5.74) is 0.666. The van der Waals surface area contributed by atoms with Crippen LogP contribution in [0, 0.1) is 5.92 Å². The minimum Gasteiger partial charge on any atom is -0.506 e. The molecule has 2 N–H and O–H groups in total. The maximum atomic E-state index is 9.66. The molecule has 4 nitrogen and oxygen atoms in total. The maximum Gasteiger partial charge on any atom is 0.139 e. The number of nitrogens with zero attached hydrogens (tertiary/aromatic N) is 1. The molecule has 0 amide bonds. The van der Waals surface area contributed by atoms with Crippen LogP contribution in [0.25, 0.3) is 0 Å². The predicted octanol–water partition coefficient (Wildman–Crippen LogP) is 2.06. The van der Waals surface area contributed by atoms with Gasteiger partial charge in [0.25, 0.3) is 0 Å². The predicted molar refractivity (Wildman–Crippen MR) is 68.8 cm³/mol. The van der Waals surface area contributed by atoms with Crippen LogP contribution in [-0.4, -0.2) is 29.3 Å². The molecule has 2 unspecified atom stereocenters. The number of aromatic nitrogens is 1. The van der Waals surface area contributed by atoms with Crippen LogP contribution in [0.3, 0.4) is 0 Å². The van der Waals surface area contributed by atoms with E-state index < -0.39 is 0 Å². The van der Waals surface area contributed by atoms with Crippen molar-refractivity contribution in [2.75, 3.05) is 13.2 Å². The third-order valence-corrected chi connectivity index (χ3v) is 3.29. The number of pyridine rings is 1. The van der Waals surface area contributed by atoms with Crippen LogP contribution >= 0.6 is 15.9 Å². The molecule has 94 valence electrons. The molecule has 1 aliphatic rings. The first-order valence-corrected chi connectivity index (χ1v) is 6.60. The van der Waals surface area contributed by atoms with Crippen LogP contribution < -0.4 is 5.32 Å². The molecule has 1 aromatic heterocycles. The summed E-state index contributed by atoms with van der Waals surface area (Å²) in [6.45, 7) is 4.42. The quantitative estimate of drug-likeness (QED) is 0.894. The van der Waals surface area contributed by atoms with E-state index in [-0.39, 0.29) is 5.75 Å². The van der Waals surface area contributed by atoms with Gasteiger partial charge in [0.05, 0.1) is 11.8 Å². The van der Waals surface area contributed by atoms with Gasteiger partial charge in [-0.05, 0) is 34.3 Å². The van der Waals surface area contributed by atoms with Crippen LogP contribution in [0.5, 0.6) is 5.75 Å². The third kappa shape index (κ3) is 3.66. The van der Waals surface area contributed by atoms with Crippen LogP contribution in [-0.2, 0) is 11.3 Å². The Balaban J connectivity index is 1.78. The lowest BCUT2D eigenvalue weighted by atomic mass is 10.1. The molecule has 1 aromatic rings. The number of hydrogen-bond donors (Lipinski definition) is 2. The van der Waals surface area contributed by atoms with Crippen LogP contribution in [0.15, 0.2) is 16.7 Å². The molecule has 0 spiro atoms. The molecular formula is C12H17BrN2O2. The summed E-state index contributed by atoms with van der Waals surface area (Å²) in [5.74, 6) is 0.869. The number of rotatable bonds is 4. The zero-order valence-corrected chi connectivity index (χ0v) is 11.4. The van der Waals surface area contributed by atoms with Crippen LogP contribution in [0.1, 0.15) is 19.0 Å². The van der Waals surface area contributed by atoms with E-state index in [0.29, 0.717) is 24.3 Å². The van der Waals surface area contributed by atoms with Crippen molar-refractivity contribution < 1.29 is 9.84 Å². The topological polar surface area (TPSA) is 54.4 Å². The van der Waals surface area contributed by atoms with Gasteiger partial charge in [0.15, 0.2) is 0 Å². The van der Waals surface area contributed by atoms with Gasteiger partial charge in [-0.3, -0.25) is 4.98 Å². The fourth-order valence-corrected chi connectivity index (χ4v) is 2.29. The summed E-state index contributed by atoms with van der Waals surface area (Å²) >= 11 is 3.26. The second-order valence-electron chi connectivity index (χ2n) is 4.55. The average molecular weight is 301 g/mol. The molecule has 0 saturated carbocycles. The number of nitrogens with one attached hydrogen (secondary N) is 1. The number of hydrogen-bond acceptors (Lipinski definition) is 4. The van der Waals surface area contributed by atoms with Crippen molar-refractivity contribution in [2.24, 2.45) is 5.92 Å². The van der Waals surface area contributed by atoms with Crippen molar-refractivity contribution in [3.8, 4) is 5.75 Å². The molecule has 2 heterocycles. The summed E-state index contributed by atoms with van der Waals surface area (Å²) in [4.78, 5) is 4.16. The lowest BCUT2D eigenvalue weighted by Crippen LogP contribution is -2.26. The summed E-state index contributed by atoms with van der Waals surface area (Å²) in [6, 6.07) is 1.65. The van der Waals surface area contributed by atoms with Crippen LogP contribution in [0.2, 0.25) is 0 Å². The Bertz CT molecular complexity index is 387. The van der Waals surface area contributed by atoms with Crippen molar-refractivity contribution >= 4 is 15.9 Å². The zero-order valence-electron chi connectivity index (χ0n) is 9.82. The van der Waals surface area contributed by atoms with Gasteiger partial charge in [-0.15, -0.1) is 0 Å². The van der Waals surface area contributed by atoms with E-state index in [0.717, 1.165) is 24.0 Å². The van der Waals surface area contributed by atoms with Crippen molar-refractivity contribution in [3.63, 3.8) is 0 Å². The van der Waals surface area contributed by atoms with Gasteiger partial charge in [-0.25, -0.2) is 0 Å². The molecule has 0 aliphatic carbocycles. The van der Waals surface area contributed by atoms with E-state index in [1.807, 2.05) is 0 Å². The summed E-state index contributed by atoms with van der Waals surface area (Å²) in [6.07, 6.45) is 3.08. The molecule has 17 heavy (non-hydrogen) atoms. The molecule has 0 radical (unpaired) electrons. The Hall–Kier alpha value is -0.650. The minimum atomic E-state index is 0.215. The standard InChI is InChI=1S/C12H17BrN2O2/c1-8-2-10(17-7-8)5-14-6-11-12(16)3-9(13)4-15-11/h3-4,8,10,14,16H,2,5-7H2,1H3. The first kappa shape index (κ1) is 12.8. The maximum absolute atomic E-state index is 9.66. The Labute approximate surface area is 110 Å². The lowest BCUT2D eigenvalue weighted by molar-refractivity contribution is 0.106. The Morgan fingerprint density at radius 3 is 3.12 bits per heavy atom. The number of aromatic hydroxyl groups is 1. The molecule has 1 fully saturated rings. The highest BCUT2D eigenvalue weighted by Gasteiger charge is 2.21. The van der Waals surface area contributed by atoms with E-state index in [1.54, 1.807) is 12.3 Å². The van der Waals surface area contributed by atoms with E-state index in [1.165, 1.54) is 0 Å². The fraction of sp³-hybridized carbons (Fsp3) is 0.583. The van der Waals surface area contributed by atoms with Gasteiger partial charge >= 0.3 is 0 Å². The van der Waals surface area contributed by atoms with Crippen molar-refractivity contribution in [1.29, 1.82) is 0 Å². The number of ether oxygens (including phenoxy) is 1.